The van der Waals surface area contributed by atoms with Crippen LogP contribution in [-0.4, -0.2) is 20.8 Å². The molecule has 1 aromatic carbocycles. The molecular weight excluding hydrogens is 334 g/mol. The van der Waals surface area contributed by atoms with Crippen LogP contribution >= 0.6 is 12.2 Å². The first-order chi connectivity index (χ1) is 12.0. The number of carbonyl (C=O) groups excluding carboxylic acids is 1. The summed E-state index contributed by atoms with van der Waals surface area (Å²) in [5.74, 6) is -0.167. The Balaban J connectivity index is 1.97. The van der Waals surface area contributed by atoms with Gasteiger partial charge in [0.05, 0.1) is 17.3 Å². The van der Waals surface area contributed by atoms with E-state index in [2.05, 4.69) is 21.0 Å². The number of aryl methyl sites for hydroxylation is 2. The number of para-hydroxylation sites is 1. The molecule has 7 heteroatoms. The van der Waals surface area contributed by atoms with Gasteiger partial charge in [0, 0.05) is 29.7 Å². The number of nitrogens with zero attached hydrogens (tertiary/aromatic N) is 2. The summed E-state index contributed by atoms with van der Waals surface area (Å²) in [7, 11) is 0. The monoisotopic (exact) mass is 355 g/mol. The van der Waals surface area contributed by atoms with Crippen molar-refractivity contribution in [1.82, 2.24) is 20.4 Å². The van der Waals surface area contributed by atoms with Gasteiger partial charge < -0.3 is 16.0 Å². The van der Waals surface area contributed by atoms with E-state index in [0.29, 0.717) is 10.7 Å². The van der Waals surface area contributed by atoms with Crippen LogP contribution in [0.2, 0.25) is 0 Å². The molecule has 0 aliphatic carbocycles. The van der Waals surface area contributed by atoms with Crippen molar-refractivity contribution in [3.8, 4) is 0 Å². The lowest BCUT2D eigenvalue weighted by Gasteiger charge is -2.30. The van der Waals surface area contributed by atoms with Gasteiger partial charge in [-0.15, -0.1) is 0 Å². The van der Waals surface area contributed by atoms with E-state index in [1.807, 2.05) is 62.0 Å². The summed E-state index contributed by atoms with van der Waals surface area (Å²) >= 11 is 5.29. The van der Waals surface area contributed by atoms with E-state index in [1.54, 1.807) is 0 Å². The fourth-order valence-electron chi connectivity index (χ4n) is 2.93. The second-order valence-corrected chi connectivity index (χ2v) is 6.32. The van der Waals surface area contributed by atoms with E-state index in [1.165, 1.54) is 0 Å². The largest absolute Gasteiger partial charge is 0.351 e. The van der Waals surface area contributed by atoms with Crippen molar-refractivity contribution in [2.45, 2.75) is 33.4 Å². The summed E-state index contributed by atoms with van der Waals surface area (Å²) in [5.41, 5.74) is 3.92. The molecule has 1 aromatic heterocycles. The molecule has 0 saturated heterocycles. The van der Waals surface area contributed by atoms with Gasteiger partial charge in [-0.3, -0.25) is 9.48 Å². The molecule has 0 fully saturated rings. The van der Waals surface area contributed by atoms with Crippen LogP contribution < -0.4 is 16.0 Å². The van der Waals surface area contributed by atoms with E-state index in [-0.39, 0.29) is 11.9 Å². The van der Waals surface area contributed by atoms with Crippen molar-refractivity contribution < 1.29 is 4.79 Å². The maximum Gasteiger partial charge on any atom is 0.255 e. The highest BCUT2D eigenvalue weighted by Gasteiger charge is 2.32. The highest BCUT2D eigenvalue weighted by Crippen LogP contribution is 2.29. The van der Waals surface area contributed by atoms with Crippen molar-refractivity contribution in [3.05, 3.63) is 59.1 Å². The zero-order valence-electron chi connectivity index (χ0n) is 14.5. The Morgan fingerprint density at radius 3 is 2.68 bits per heavy atom. The molecule has 0 bridgehead atoms. The third kappa shape index (κ3) is 3.56. The number of anilines is 1. The molecule has 0 radical (unpaired) electrons. The van der Waals surface area contributed by atoms with Crippen molar-refractivity contribution >= 4 is 28.9 Å². The summed E-state index contributed by atoms with van der Waals surface area (Å²) in [6, 6.07) is 9.06. The lowest BCUT2D eigenvalue weighted by atomic mass is 9.95. The zero-order valence-corrected chi connectivity index (χ0v) is 15.3. The van der Waals surface area contributed by atoms with Gasteiger partial charge in [0.15, 0.2) is 5.11 Å². The van der Waals surface area contributed by atoms with E-state index >= 15 is 0 Å². The minimum atomic E-state index is -0.335. The molecule has 0 spiro atoms. The number of carbonyl (C=O) groups is 1. The van der Waals surface area contributed by atoms with Gasteiger partial charge in [-0.05, 0) is 45.1 Å². The quantitative estimate of drug-likeness (QED) is 0.736. The SMILES string of the molecule is CCn1cc([C@@H]2NC(=S)NC(C)=C2C(=O)Nc2ccccc2)c(C)n1. The fraction of sp³-hybridized carbons (Fsp3) is 0.278. The zero-order chi connectivity index (χ0) is 18.0. The van der Waals surface area contributed by atoms with Crippen molar-refractivity contribution in [3.63, 3.8) is 0 Å². The number of rotatable bonds is 4. The summed E-state index contributed by atoms with van der Waals surface area (Å²) < 4.78 is 1.86. The van der Waals surface area contributed by atoms with E-state index in [0.717, 1.165) is 29.2 Å². The van der Waals surface area contributed by atoms with Crippen LogP contribution in [0.1, 0.15) is 31.1 Å². The number of thiocarbonyl (C=S) groups is 1. The maximum atomic E-state index is 12.9. The minimum Gasteiger partial charge on any atom is -0.351 e. The number of amides is 1. The van der Waals surface area contributed by atoms with E-state index < -0.39 is 0 Å². The molecule has 1 aliphatic rings. The van der Waals surface area contributed by atoms with Crippen LogP contribution in [0, 0.1) is 6.92 Å². The number of aromatic nitrogens is 2. The molecule has 3 N–H and O–H groups in total. The number of benzene rings is 1. The first-order valence-corrected chi connectivity index (χ1v) is 8.59. The Kier molecular flexibility index (Phi) is 4.85. The molecule has 1 aliphatic heterocycles. The average molecular weight is 355 g/mol. The van der Waals surface area contributed by atoms with E-state index in [9.17, 15) is 4.79 Å². The third-order valence-electron chi connectivity index (χ3n) is 4.16. The number of nitrogens with one attached hydrogen (secondary N) is 3. The Morgan fingerprint density at radius 1 is 1.32 bits per heavy atom. The second-order valence-electron chi connectivity index (χ2n) is 5.92. The number of hydrogen-bond acceptors (Lipinski definition) is 3. The molecule has 0 saturated carbocycles. The standard InChI is InChI=1S/C18H21N5OS/c1-4-23-10-14(11(2)22-23)16-15(12(3)19-18(25)21-16)17(24)20-13-8-6-5-7-9-13/h5-10,16H,4H2,1-3H3,(H,20,24)(H2,19,21,25)/t16-/m0/s1. The van der Waals surface area contributed by atoms with Gasteiger partial charge in [-0.2, -0.15) is 5.10 Å². The topological polar surface area (TPSA) is 71.0 Å². The average Bonchev–Trinajstić information content (AvgIpc) is 2.95. The molecule has 130 valence electrons. The van der Waals surface area contributed by atoms with E-state index in [4.69, 9.17) is 12.2 Å². The van der Waals surface area contributed by atoms with Gasteiger partial charge in [-0.25, -0.2) is 0 Å². The summed E-state index contributed by atoms with van der Waals surface area (Å²) in [6.45, 7) is 6.60. The summed E-state index contributed by atoms with van der Waals surface area (Å²) in [6.07, 6.45) is 1.96. The highest BCUT2D eigenvalue weighted by atomic mass is 32.1. The molecule has 2 heterocycles. The molecular formula is C18H21N5OS. The van der Waals surface area contributed by atoms with Crippen molar-refractivity contribution in [1.29, 1.82) is 0 Å². The van der Waals surface area contributed by atoms with Crippen LogP contribution in [0.15, 0.2) is 47.8 Å². The molecule has 1 atom stereocenters. The Labute approximate surface area is 152 Å². The van der Waals surface area contributed by atoms with Crippen molar-refractivity contribution in [2.24, 2.45) is 0 Å². The van der Waals surface area contributed by atoms with Gasteiger partial charge in [0.1, 0.15) is 0 Å². The maximum absolute atomic E-state index is 12.9. The van der Waals surface area contributed by atoms with Crippen LogP contribution in [0.5, 0.6) is 0 Å². The Morgan fingerprint density at radius 2 is 2.04 bits per heavy atom. The van der Waals surface area contributed by atoms with Crippen molar-refractivity contribution in [2.75, 3.05) is 5.32 Å². The van der Waals surface area contributed by atoms with Gasteiger partial charge in [0.2, 0.25) is 0 Å². The van der Waals surface area contributed by atoms with Crippen LogP contribution in [0.25, 0.3) is 0 Å². The molecule has 3 rings (SSSR count). The minimum absolute atomic E-state index is 0.167. The molecule has 6 nitrogen and oxygen atoms in total. The fourth-order valence-corrected chi connectivity index (χ4v) is 3.20. The predicted molar refractivity (Wildman–Crippen MR) is 102 cm³/mol. The highest BCUT2D eigenvalue weighted by molar-refractivity contribution is 7.80. The van der Waals surface area contributed by atoms with Gasteiger partial charge in [0.25, 0.3) is 5.91 Å². The predicted octanol–water partition coefficient (Wildman–Crippen LogP) is 2.64. The molecule has 25 heavy (non-hydrogen) atoms. The summed E-state index contributed by atoms with van der Waals surface area (Å²) in [4.78, 5) is 12.9. The second kappa shape index (κ2) is 7.06. The molecule has 1 amide bonds. The Bertz CT molecular complexity index is 840. The summed E-state index contributed by atoms with van der Waals surface area (Å²) in [5, 5.41) is 14.2. The van der Waals surface area contributed by atoms with Crippen LogP contribution in [0.3, 0.4) is 0 Å². The van der Waals surface area contributed by atoms with Crippen LogP contribution in [-0.2, 0) is 11.3 Å². The first kappa shape index (κ1) is 17.2. The lowest BCUT2D eigenvalue weighted by molar-refractivity contribution is -0.113. The lowest BCUT2D eigenvalue weighted by Crippen LogP contribution is -2.45. The first-order valence-electron chi connectivity index (χ1n) is 8.18. The third-order valence-corrected chi connectivity index (χ3v) is 4.38. The number of allylic oxidation sites excluding steroid dienone is 1. The molecule has 0 unspecified atom stereocenters. The van der Waals surface area contributed by atoms with Gasteiger partial charge >= 0.3 is 0 Å². The normalized spacial score (nSPS) is 17.1. The smallest absolute Gasteiger partial charge is 0.255 e. The number of hydrogen-bond donors (Lipinski definition) is 3. The van der Waals surface area contributed by atoms with Gasteiger partial charge in [-0.1, -0.05) is 18.2 Å². The molecule has 2 aromatic rings. The Hall–Kier alpha value is -2.67. The van der Waals surface area contributed by atoms with Crippen LogP contribution in [0.4, 0.5) is 5.69 Å².